The molecule has 0 bridgehead atoms. The molecule has 0 atom stereocenters. The molecule has 2 aliphatic carbocycles. The van der Waals surface area contributed by atoms with Crippen molar-refractivity contribution in [3.05, 3.63) is 0 Å². The van der Waals surface area contributed by atoms with Gasteiger partial charge < -0.3 is 0 Å². The summed E-state index contributed by atoms with van der Waals surface area (Å²) in [4.78, 5) is 0. The van der Waals surface area contributed by atoms with Crippen LogP contribution in [-0.2, 0) is 9.69 Å². The molecule has 20 heavy (non-hydrogen) atoms. The molecular weight excluding hydrogens is 288 g/mol. The molecule has 0 saturated heterocycles. The first-order chi connectivity index (χ1) is 9.34. The summed E-state index contributed by atoms with van der Waals surface area (Å²) in [6, 6.07) is 0. The van der Waals surface area contributed by atoms with Crippen molar-refractivity contribution in [2.75, 3.05) is 0 Å². The molecule has 0 spiro atoms. The molecule has 2 saturated carbocycles. The lowest BCUT2D eigenvalue weighted by atomic mass is 9.47. The lowest BCUT2D eigenvalue weighted by molar-refractivity contribution is -0.0416. The highest BCUT2D eigenvalue weighted by molar-refractivity contribution is 8.19. The Hall–Kier alpha value is -0.195. The summed E-state index contributed by atoms with van der Waals surface area (Å²) in [6.45, 7) is 0. The van der Waals surface area contributed by atoms with E-state index in [2.05, 4.69) is 0 Å². The molecule has 2 aliphatic rings. The maximum atomic E-state index is 13.0. The zero-order valence-electron chi connectivity index (χ0n) is 11.7. The predicted molar refractivity (Wildman–Crippen MR) is 74.4 cm³/mol. The smallest absolute Gasteiger partial charge is 0.232 e. The largest absolute Gasteiger partial charge is 0.486 e. The quantitative estimate of drug-likeness (QED) is 0.715. The minimum atomic E-state index is -5.10. The van der Waals surface area contributed by atoms with Crippen LogP contribution in [0.1, 0.15) is 64.2 Å². The third kappa shape index (κ3) is 3.34. The fraction of sp³-hybridized carbons (Fsp3) is 1.00. The average molecular weight is 310 g/mol. The second kappa shape index (κ2) is 6.28. The molecule has 0 radical (unpaired) electrons. The Morgan fingerprint density at radius 1 is 0.750 bits per heavy atom. The number of hydrogen-bond acceptors (Lipinski definition) is 2. The van der Waals surface area contributed by atoms with E-state index in [9.17, 15) is 21.6 Å². The Morgan fingerprint density at radius 3 is 1.40 bits per heavy atom. The second-order valence-electron chi connectivity index (χ2n) is 6.25. The Morgan fingerprint density at radius 2 is 1.10 bits per heavy atom. The van der Waals surface area contributed by atoms with E-state index in [4.69, 9.17) is 0 Å². The van der Waals surface area contributed by atoms with Gasteiger partial charge in [0.2, 0.25) is 9.69 Å². The van der Waals surface area contributed by atoms with Gasteiger partial charge in [0, 0.05) is 0 Å². The summed E-state index contributed by atoms with van der Waals surface area (Å²) >= 11 is 0. The van der Waals surface area contributed by atoms with Gasteiger partial charge in [0.15, 0.2) is 0 Å². The summed E-state index contributed by atoms with van der Waals surface area (Å²) in [6.07, 6.45) is 8.02. The Kier molecular flexibility index (Phi) is 5.08. The van der Waals surface area contributed by atoms with Crippen LogP contribution in [0, 0.1) is 0 Å². The number of hydrogen-bond donors (Lipinski definition) is 0. The molecule has 0 aliphatic heterocycles. The maximum Gasteiger partial charge on any atom is 0.486 e. The van der Waals surface area contributed by atoms with E-state index in [-0.39, 0.29) is 11.6 Å². The first-order valence-corrected chi connectivity index (χ1v) is 9.19. The van der Waals surface area contributed by atoms with Gasteiger partial charge in [-0.05, 0) is 11.6 Å². The molecule has 0 amide bonds. The van der Waals surface area contributed by atoms with Crippen LogP contribution in [0.5, 0.6) is 0 Å². The lowest BCUT2D eigenvalue weighted by Gasteiger charge is -2.34. The van der Waals surface area contributed by atoms with E-state index < -0.39 is 21.2 Å². The van der Waals surface area contributed by atoms with E-state index in [1.807, 2.05) is 0 Å². The Bertz CT molecular complexity index is 392. The molecule has 0 aromatic carbocycles. The van der Waals surface area contributed by atoms with Crippen molar-refractivity contribution in [2.45, 2.75) is 81.4 Å². The van der Waals surface area contributed by atoms with Crippen molar-refractivity contribution >= 4 is 15.7 Å². The summed E-state index contributed by atoms with van der Waals surface area (Å²) in [5.74, 6) is -1.78. The molecule has 0 aromatic rings. The summed E-state index contributed by atoms with van der Waals surface area (Å²) in [5, 5.41) is 0. The fourth-order valence-corrected chi connectivity index (χ4v) is 5.84. The molecule has 2 fully saturated rings. The summed E-state index contributed by atoms with van der Waals surface area (Å²) in [5.41, 5.74) is -5.10. The van der Waals surface area contributed by atoms with Gasteiger partial charge in [0.1, 0.15) is 0 Å². The first-order valence-electron chi connectivity index (χ1n) is 7.64. The topological polar surface area (TPSA) is 34.1 Å². The van der Waals surface area contributed by atoms with Gasteiger partial charge in [0.05, 0.1) is 0 Å². The highest BCUT2D eigenvalue weighted by atomic mass is 32.2. The average Bonchev–Trinajstić information content (AvgIpc) is 2.40. The monoisotopic (exact) mass is 310 g/mol. The van der Waals surface area contributed by atoms with E-state index in [0.717, 1.165) is 38.5 Å². The number of alkyl halides is 3. The highest BCUT2D eigenvalue weighted by Crippen LogP contribution is 2.46. The molecule has 116 valence electrons. The standard InChI is InChI=1S/C13H22BF3O2S/c15-13(16,17)20(18,19)14(11-7-3-1-4-8-11)12-9-5-2-6-10-12/h11-12H,1-10H2. The Balaban J connectivity index is 2.27. The molecule has 0 unspecified atom stereocenters. The van der Waals surface area contributed by atoms with E-state index in [1.54, 1.807) is 0 Å². The van der Waals surface area contributed by atoms with Crippen LogP contribution in [0.4, 0.5) is 13.2 Å². The van der Waals surface area contributed by atoms with Gasteiger partial charge in [-0.15, -0.1) is 0 Å². The van der Waals surface area contributed by atoms with Crippen LogP contribution in [0.3, 0.4) is 0 Å². The minimum Gasteiger partial charge on any atom is -0.232 e. The molecule has 2 nitrogen and oxygen atoms in total. The molecular formula is C13H22BF3O2S. The molecule has 7 heteroatoms. The second-order valence-corrected chi connectivity index (χ2v) is 8.35. The summed E-state index contributed by atoms with van der Waals surface area (Å²) in [7, 11) is -5.04. The van der Waals surface area contributed by atoms with Crippen molar-refractivity contribution in [1.29, 1.82) is 0 Å². The van der Waals surface area contributed by atoms with Gasteiger partial charge in [-0.1, -0.05) is 64.2 Å². The van der Waals surface area contributed by atoms with E-state index >= 15 is 0 Å². The normalized spacial score (nSPS) is 23.8. The van der Waals surface area contributed by atoms with Crippen molar-refractivity contribution in [1.82, 2.24) is 0 Å². The third-order valence-electron chi connectivity index (χ3n) is 4.91. The van der Waals surface area contributed by atoms with Crippen molar-refractivity contribution in [2.24, 2.45) is 0 Å². The highest BCUT2D eigenvalue weighted by Gasteiger charge is 2.57. The van der Waals surface area contributed by atoms with Crippen molar-refractivity contribution < 1.29 is 21.6 Å². The molecule has 0 N–H and O–H groups in total. The number of rotatable bonds is 3. The molecule has 2 rings (SSSR count). The zero-order chi connectivity index (χ0) is 14.8. The van der Waals surface area contributed by atoms with Crippen LogP contribution in [0.2, 0.25) is 11.6 Å². The van der Waals surface area contributed by atoms with Crippen molar-refractivity contribution in [3.8, 4) is 0 Å². The third-order valence-corrected chi connectivity index (χ3v) is 7.04. The zero-order valence-corrected chi connectivity index (χ0v) is 12.5. The van der Waals surface area contributed by atoms with Crippen molar-refractivity contribution in [3.63, 3.8) is 0 Å². The van der Waals surface area contributed by atoms with Gasteiger partial charge in [-0.2, -0.15) is 13.2 Å². The van der Waals surface area contributed by atoms with Crippen LogP contribution in [-0.4, -0.2) is 19.9 Å². The minimum absolute atomic E-state index is 0.293. The van der Waals surface area contributed by atoms with E-state index in [1.165, 1.54) is 0 Å². The SMILES string of the molecule is O=S(=O)(B(C1CCCCC1)C1CCCCC1)C(F)(F)F. The van der Waals surface area contributed by atoms with Gasteiger partial charge in [-0.3, -0.25) is 0 Å². The van der Waals surface area contributed by atoms with Gasteiger partial charge in [0.25, 0.3) is 0 Å². The maximum absolute atomic E-state index is 13.0. The van der Waals surface area contributed by atoms with Crippen LogP contribution < -0.4 is 0 Å². The van der Waals surface area contributed by atoms with Gasteiger partial charge in [-0.25, -0.2) is 8.42 Å². The molecule has 0 heterocycles. The van der Waals surface area contributed by atoms with Gasteiger partial charge >= 0.3 is 11.5 Å². The fourth-order valence-electron chi connectivity index (χ4n) is 3.97. The number of halogens is 3. The van der Waals surface area contributed by atoms with Crippen LogP contribution in [0.25, 0.3) is 0 Å². The van der Waals surface area contributed by atoms with E-state index in [0.29, 0.717) is 25.7 Å². The van der Waals surface area contributed by atoms with Crippen LogP contribution >= 0.6 is 0 Å². The molecule has 0 aromatic heterocycles. The first kappa shape index (κ1) is 16.2. The predicted octanol–water partition coefficient (Wildman–Crippen LogP) is 4.58. The lowest BCUT2D eigenvalue weighted by Crippen LogP contribution is -2.45. The summed E-state index contributed by atoms with van der Waals surface area (Å²) < 4.78 is 63.1. The van der Waals surface area contributed by atoms with Crippen LogP contribution in [0.15, 0.2) is 0 Å². The Labute approximate surface area is 119 Å².